The molecule has 13 heteroatoms. The van der Waals surface area contributed by atoms with Crippen molar-refractivity contribution in [2.24, 2.45) is 0 Å². The maximum Gasteiger partial charge on any atom is 0.284 e. The second kappa shape index (κ2) is 13.5. The van der Waals surface area contributed by atoms with Crippen molar-refractivity contribution in [2.45, 2.75) is 77.8 Å². The Kier molecular flexibility index (Phi) is 9.13. The fraction of sp³-hybridized carbons (Fsp3) is 0.273. The van der Waals surface area contributed by atoms with Crippen molar-refractivity contribution in [1.29, 1.82) is 0 Å². The van der Waals surface area contributed by atoms with Crippen LogP contribution in [0, 0.1) is 0 Å². The summed E-state index contributed by atoms with van der Waals surface area (Å²) in [5, 5.41) is 3.32. The van der Waals surface area contributed by atoms with Crippen LogP contribution in [0.5, 0.6) is 0 Å². The third kappa shape index (κ3) is 6.28. The largest absolute Gasteiger partial charge is 0.466 e. The molecule has 4 radical (unpaired) electrons. The molecule has 3 aromatic heterocycles. The van der Waals surface area contributed by atoms with E-state index >= 15 is 0 Å². The average Bonchev–Trinajstić information content (AvgIpc) is 3.91. The first kappa shape index (κ1) is 38.7. The maximum absolute atomic E-state index is 7.26. The van der Waals surface area contributed by atoms with Gasteiger partial charge in [0.25, 0.3) is 16.6 Å². The van der Waals surface area contributed by atoms with Crippen molar-refractivity contribution in [3.05, 3.63) is 97.1 Å². The van der Waals surface area contributed by atoms with E-state index in [-0.39, 0.29) is 27.7 Å². The van der Waals surface area contributed by atoms with Crippen molar-refractivity contribution >= 4 is 78.4 Å². The van der Waals surface area contributed by atoms with Crippen LogP contribution in [0.15, 0.2) is 97.1 Å². The monoisotopic (exact) mass is 848 g/mol. The average molecular weight is 848 g/mol. The summed E-state index contributed by atoms with van der Waals surface area (Å²) in [7, 11) is -4.97. The Labute approximate surface area is 345 Å². The van der Waals surface area contributed by atoms with E-state index in [0.29, 0.717) is 45.9 Å². The maximum atomic E-state index is 7.26. The smallest absolute Gasteiger partial charge is 0.284 e. The van der Waals surface area contributed by atoms with Gasteiger partial charge in [-0.2, -0.15) is 9.46 Å². The molecule has 7 aromatic rings. The van der Waals surface area contributed by atoms with E-state index in [1.54, 1.807) is 0 Å². The SMILES string of the molecule is CC(C)(C)[Si](C)(C)O[n+]1c2nc(nc3[n-]c(c4ccccc34)[n+](O[Si](C)(C)C(C)(C)C)c3nc(nc4[n-]c1c1ccccc41)-c1ccccc1-3)-c1ccccc1-2.[Ge]. The van der Waals surface area contributed by atoms with Crippen LogP contribution in [0.1, 0.15) is 41.5 Å². The molecule has 2 aliphatic rings. The number of benzene rings is 4. The molecular formula is C44H46GeN8O2Si2. The number of hydrogen-bond acceptors (Lipinski definition) is 6. The molecule has 0 saturated carbocycles. The molecule has 0 spiro atoms. The van der Waals surface area contributed by atoms with E-state index < -0.39 is 16.6 Å². The zero-order chi connectivity index (χ0) is 39.4. The van der Waals surface area contributed by atoms with Gasteiger partial charge in [0, 0.05) is 61.4 Å². The van der Waals surface area contributed by atoms with Crippen molar-refractivity contribution in [1.82, 2.24) is 29.9 Å². The van der Waals surface area contributed by atoms with Crippen LogP contribution in [0.2, 0.25) is 36.3 Å². The van der Waals surface area contributed by atoms with Crippen LogP contribution in [-0.4, -0.2) is 54.2 Å². The van der Waals surface area contributed by atoms with Gasteiger partial charge in [0.05, 0.1) is 0 Å². The summed E-state index contributed by atoms with van der Waals surface area (Å²) in [6.45, 7) is 22.3. The number of hydrogen-bond donors (Lipinski definition) is 0. The van der Waals surface area contributed by atoms with E-state index in [4.69, 9.17) is 39.0 Å². The second-order valence-corrected chi connectivity index (χ2v) is 27.1. The Morgan fingerprint density at radius 2 is 0.772 bits per heavy atom. The number of rotatable bonds is 4. The minimum Gasteiger partial charge on any atom is -0.466 e. The van der Waals surface area contributed by atoms with Crippen molar-refractivity contribution in [3.8, 4) is 45.6 Å². The molecule has 0 aliphatic carbocycles. The van der Waals surface area contributed by atoms with E-state index in [2.05, 4.69) is 116 Å². The quantitative estimate of drug-likeness (QED) is 0.129. The molecule has 4 aromatic carbocycles. The summed E-state index contributed by atoms with van der Waals surface area (Å²) in [6.07, 6.45) is 0. The van der Waals surface area contributed by atoms with Crippen LogP contribution in [0.4, 0.5) is 0 Å². The van der Waals surface area contributed by atoms with Crippen LogP contribution < -0.4 is 28.5 Å². The molecular weight excluding hydrogens is 801 g/mol. The van der Waals surface area contributed by atoms with Gasteiger partial charge in [0.2, 0.25) is 0 Å². The second-order valence-electron chi connectivity index (χ2n) is 17.7. The van der Waals surface area contributed by atoms with E-state index in [0.717, 1.165) is 43.8 Å². The molecule has 2 aliphatic heterocycles. The number of fused-ring (bicyclic) bond motifs is 20. The van der Waals surface area contributed by atoms with Crippen LogP contribution in [-0.2, 0) is 0 Å². The molecule has 0 atom stereocenters. The first-order chi connectivity index (χ1) is 26.5. The van der Waals surface area contributed by atoms with Gasteiger partial charge in [-0.05, 0) is 36.3 Å². The molecule has 0 N–H and O–H groups in total. The fourth-order valence-electron chi connectivity index (χ4n) is 6.64. The van der Waals surface area contributed by atoms with Crippen LogP contribution in [0.3, 0.4) is 0 Å². The molecule has 0 unspecified atom stereocenters. The van der Waals surface area contributed by atoms with Gasteiger partial charge < -0.3 is 9.05 Å². The molecule has 0 saturated heterocycles. The Morgan fingerprint density at radius 1 is 0.456 bits per heavy atom. The van der Waals surface area contributed by atoms with E-state index in [9.17, 15) is 0 Å². The predicted octanol–water partition coefficient (Wildman–Crippen LogP) is 8.40. The van der Waals surface area contributed by atoms with Gasteiger partial charge in [0.15, 0.2) is 45.9 Å². The summed E-state index contributed by atoms with van der Waals surface area (Å²) in [6, 6.07) is 32.7. The number of aromatic nitrogens is 8. The van der Waals surface area contributed by atoms with Crippen molar-refractivity contribution in [2.75, 3.05) is 0 Å². The van der Waals surface area contributed by atoms with Crippen molar-refractivity contribution < 1.29 is 18.5 Å². The van der Waals surface area contributed by atoms with E-state index in [1.807, 2.05) is 58.0 Å². The normalized spacial score (nSPS) is 12.9. The summed E-state index contributed by atoms with van der Waals surface area (Å²) < 4.78 is 18.2. The van der Waals surface area contributed by atoms with Crippen molar-refractivity contribution in [3.63, 3.8) is 0 Å². The Balaban J connectivity index is 0.00000455. The summed E-state index contributed by atoms with van der Waals surface area (Å²) in [4.78, 5) is 31.8. The topological polar surface area (TPSA) is 106 Å². The molecule has 57 heavy (non-hydrogen) atoms. The van der Waals surface area contributed by atoms with Gasteiger partial charge in [-0.25, -0.2) is 29.9 Å². The van der Waals surface area contributed by atoms with Gasteiger partial charge in [-0.1, -0.05) is 139 Å². The zero-order valence-electron chi connectivity index (χ0n) is 34.1. The fourth-order valence-corrected chi connectivity index (χ4v) is 8.45. The summed E-state index contributed by atoms with van der Waals surface area (Å²) in [5.41, 5.74) is 5.86. The third-order valence-corrected chi connectivity index (χ3v) is 20.4. The first-order valence-corrected chi connectivity index (χ1v) is 25.0. The Hall–Kier alpha value is -5.18. The standard InChI is InChI=1S/C44H46N8O2Si2.Ge/c1-43(2,3)55(7,8)53-51-39-31-23-15-11-19-27(31)35(47-39)45-37-29-21-13-17-25-33(29)41(49-37)52(54-56(9,10)44(4,5)6)42-34-26-18-14-22-30(34)38(50-42)46-36-28-20-12-16-24-32(28)40(51)48-36;/h11-26H,1-10H3;. The Bertz CT molecular complexity index is 2730. The van der Waals surface area contributed by atoms with Crippen LogP contribution in [0.25, 0.3) is 89.7 Å². The summed E-state index contributed by atoms with van der Waals surface area (Å²) in [5.74, 6) is 2.31. The predicted molar refractivity (Wildman–Crippen MR) is 232 cm³/mol. The Morgan fingerprint density at radius 3 is 1.12 bits per heavy atom. The molecule has 0 amide bonds. The summed E-state index contributed by atoms with van der Waals surface area (Å²) >= 11 is 0. The zero-order valence-corrected chi connectivity index (χ0v) is 38.2. The van der Waals surface area contributed by atoms with Gasteiger partial charge in [-0.15, -0.1) is 0 Å². The molecule has 5 heterocycles. The minimum atomic E-state index is -2.49. The first-order valence-electron chi connectivity index (χ1n) is 19.2. The van der Waals surface area contributed by atoms with Crippen LogP contribution >= 0.6 is 0 Å². The molecule has 9 rings (SSSR count). The van der Waals surface area contributed by atoms with Gasteiger partial charge in [0.1, 0.15) is 0 Å². The van der Waals surface area contributed by atoms with E-state index in [1.165, 1.54) is 0 Å². The molecule has 0 fully saturated rings. The molecule has 8 bridgehead atoms. The third-order valence-electron chi connectivity index (χ3n) is 11.9. The minimum absolute atomic E-state index is 0. The molecule has 286 valence electrons. The van der Waals surface area contributed by atoms with Gasteiger partial charge in [-0.3, -0.25) is 0 Å². The molecule has 10 nitrogen and oxygen atoms in total. The number of nitrogens with zero attached hydrogens (tertiary/aromatic N) is 8. The van der Waals surface area contributed by atoms with Gasteiger partial charge >= 0.3 is 0 Å².